The number of nitrogens with one attached hydrogen (secondary N) is 1. The van der Waals surface area contributed by atoms with Crippen LogP contribution in [0.5, 0.6) is 0 Å². The molecular formula is C20H25FN2OS. The number of nitrogens with zero attached hydrogens (tertiary/aromatic N) is 1. The Morgan fingerprint density at radius 2 is 1.80 bits per heavy atom. The summed E-state index contributed by atoms with van der Waals surface area (Å²) in [6.07, 6.45) is 2.00. The molecule has 1 aromatic heterocycles. The Morgan fingerprint density at radius 1 is 1.16 bits per heavy atom. The molecule has 1 N–H and O–H groups in total. The summed E-state index contributed by atoms with van der Waals surface area (Å²) < 4.78 is 30.0. The van der Waals surface area contributed by atoms with Gasteiger partial charge in [-0.15, -0.1) is 4.72 Å². The lowest BCUT2D eigenvalue weighted by Crippen LogP contribution is -2.41. The van der Waals surface area contributed by atoms with Crippen LogP contribution < -0.4 is 4.72 Å². The zero-order chi connectivity index (χ0) is 18.2. The Balaban J connectivity index is 1.95. The lowest BCUT2D eigenvalue weighted by Gasteiger charge is -2.28. The van der Waals surface area contributed by atoms with Gasteiger partial charge in [0.25, 0.3) is 0 Å². The van der Waals surface area contributed by atoms with Gasteiger partial charge in [-0.1, -0.05) is 43.3 Å². The number of rotatable bonds is 5. The molecule has 1 aromatic carbocycles. The van der Waals surface area contributed by atoms with E-state index in [1.807, 2.05) is 63.2 Å². The summed E-state index contributed by atoms with van der Waals surface area (Å²) in [5.74, 6) is -0.415. The van der Waals surface area contributed by atoms with Crippen molar-refractivity contribution in [1.29, 1.82) is 0 Å². The average Bonchev–Trinajstić information content (AvgIpc) is 3.30. The highest BCUT2D eigenvalue weighted by Gasteiger charge is 2.42. The number of pyridine rings is 1. The largest absolute Gasteiger partial charge is 0.598 e. The van der Waals surface area contributed by atoms with Gasteiger partial charge in [-0.25, -0.2) is 4.98 Å². The lowest BCUT2D eigenvalue weighted by molar-refractivity contribution is 0.519. The molecule has 0 bridgehead atoms. The molecule has 0 aliphatic heterocycles. The second-order valence-electron chi connectivity index (χ2n) is 7.98. The van der Waals surface area contributed by atoms with Crippen LogP contribution in [0.15, 0.2) is 42.5 Å². The van der Waals surface area contributed by atoms with E-state index in [0.29, 0.717) is 11.3 Å². The summed E-state index contributed by atoms with van der Waals surface area (Å²) in [5.41, 5.74) is 2.08. The first-order valence-electron chi connectivity index (χ1n) is 8.61. The smallest absolute Gasteiger partial charge is 0.216 e. The first kappa shape index (κ1) is 18.4. The Hall–Kier alpha value is -1.43. The Morgan fingerprint density at radius 3 is 2.32 bits per heavy atom. The number of hydrogen-bond donors (Lipinski definition) is 1. The van der Waals surface area contributed by atoms with E-state index < -0.39 is 28.1 Å². The molecule has 5 heteroatoms. The minimum atomic E-state index is -1.30. The van der Waals surface area contributed by atoms with E-state index in [4.69, 9.17) is 0 Å². The van der Waals surface area contributed by atoms with Gasteiger partial charge in [0, 0.05) is 16.9 Å². The van der Waals surface area contributed by atoms with Gasteiger partial charge in [-0.05, 0) is 50.7 Å². The van der Waals surface area contributed by atoms with E-state index >= 15 is 0 Å². The number of halogens is 1. The maximum atomic E-state index is 14.6. The van der Waals surface area contributed by atoms with E-state index in [1.165, 1.54) is 0 Å². The van der Waals surface area contributed by atoms with Crippen molar-refractivity contribution in [3.63, 3.8) is 0 Å². The van der Waals surface area contributed by atoms with Gasteiger partial charge in [0.2, 0.25) is 5.95 Å². The van der Waals surface area contributed by atoms with Gasteiger partial charge >= 0.3 is 0 Å². The molecule has 1 saturated carbocycles. The molecule has 3 nitrogen and oxygen atoms in total. The van der Waals surface area contributed by atoms with Crippen molar-refractivity contribution < 1.29 is 8.94 Å². The Bertz CT molecular complexity index is 741. The van der Waals surface area contributed by atoms with Crippen LogP contribution >= 0.6 is 0 Å². The second-order valence-corrected chi connectivity index (χ2v) is 9.98. The molecule has 1 fully saturated rings. The summed E-state index contributed by atoms with van der Waals surface area (Å²) in [6, 6.07) is 12.9. The van der Waals surface area contributed by atoms with E-state index in [9.17, 15) is 8.94 Å². The number of benzene rings is 1. The highest BCUT2D eigenvalue weighted by Crippen LogP contribution is 2.48. The van der Waals surface area contributed by atoms with Crippen LogP contribution in [0.4, 0.5) is 4.39 Å². The predicted octanol–water partition coefficient (Wildman–Crippen LogP) is 4.41. The van der Waals surface area contributed by atoms with Gasteiger partial charge < -0.3 is 4.55 Å². The molecular weight excluding hydrogens is 335 g/mol. The minimum Gasteiger partial charge on any atom is -0.598 e. The first-order valence-corrected chi connectivity index (χ1v) is 9.76. The van der Waals surface area contributed by atoms with Gasteiger partial charge in [0.1, 0.15) is 10.8 Å². The molecule has 25 heavy (non-hydrogen) atoms. The molecule has 0 saturated heterocycles. The highest BCUT2D eigenvalue weighted by molar-refractivity contribution is 7.90. The third-order valence-electron chi connectivity index (χ3n) is 4.73. The fraction of sp³-hybridized carbons (Fsp3) is 0.450. The van der Waals surface area contributed by atoms with Crippen LogP contribution in [0.25, 0.3) is 0 Å². The van der Waals surface area contributed by atoms with Crippen molar-refractivity contribution in [2.75, 3.05) is 0 Å². The molecule has 1 aliphatic carbocycles. The highest BCUT2D eigenvalue weighted by atomic mass is 32.2. The van der Waals surface area contributed by atoms with Crippen LogP contribution in [0, 0.1) is 5.95 Å². The normalized spacial score (nSPS) is 18.6. The van der Waals surface area contributed by atoms with Crippen LogP contribution in [0.2, 0.25) is 0 Å². The topological polar surface area (TPSA) is 48.0 Å². The minimum absolute atomic E-state index is 0.0699. The summed E-state index contributed by atoms with van der Waals surface area (Å²) in [5, 5.41) is 0. The van der Waals surface area contributed by atoms with Gasteiger partial charge in [-0.2, -0.15) is 4.39 Å². The summed E-state index contributed by atoms with van der Waals surface area (Å²) >= 11 is -1.30. The fourth-order valence-electron chi connectivity index (χ4n) is 2.74. The molecule has 0 amide bonds. The van der Waals surface area contributed by atoms with Crippen molar-refractivity contribution in [1.82, 2.24) is 9.71 Å². The van der Waals surface area contributed by atoms with E-state index in [2.05, 4.69) is 16.6 Å². The zero-order valence-corrected chi connectivity index (χ0v) is 16.0. The van der Waals surface area contributed by atoms with Crippen molar-refractivity contribution in [3.8, 4) is 0 Å². The molecule has 2 atom stereocenters. The molecule has 1 aliphatic rings. The summed E-state index contributed by atoms with van der Waals surface area (Å²) in [6.45, 7) is 7.78. The van der Waals surface area contributed by atoms with E-state index in [-0.39, 0.29) is 5.41 Å². The van der Waals surface area contributed by atoms with Gasteiger partial charge in [0.15, 0.2) is 0 Å². The maximum Gasteiger partial charge on any atom is 0.216 e. The van der Waals surface area contributed by atoms with Crippen LogP contribution in [0.1, 0.15) is 63.4 Å². The van der Waals surface area contributed by atoms with Crippen LogP contribution in [0.3, 0.4) is 0 Å². The standard InChI is InChI=1S/C20H25FN2OS/c1-19(2,3)25(24)23-17(14-8-6-5-7-9-14)16-11-10-15(18(21)22-16)20(4)12-13-20/h5-11,17,23H,12-13H2,1-4H3. The van der Waals surface area contributed by atoms with Crippen molar-refractivity contribution in [2.45, 2.75) is 56.7 Å². The van der Waals surface area contributed by atoms with Crippen LogP contribution in [-0.2, 0) is 16.8 Å². The van der Waals surface area contributed by atoms with Crippen LogP contribution in [-0.4, -0.2) is 14.3 Å². The monoisotopic (exact) mass is 360 g/mol. The number of hydrogen-bond acceptors (Lipinski definition) is 3. The molecule has 134 valence electrons. The Labute approximate surface area is 152 Å². The molecule has 2 unspecified atom stereocenters. The van der Waals surface area contributed by atoms with E-state index in [1.54, 1.807) is 0 Å². The van der Waals surface area contributed by atoms with Crippen molar-refractivity contribution >= 4 is 11.4 Å². The van der Waals surface area contributed by atoms with Gasteiger partial charge in [0.05, 0.1) is 5.69 Å². The number of aromatic nitrogens is 1. The summed E-state index contributed by atoms with van der Waals surface area (Å²) in [7, 11) is 0. The third-order valence-corrected chi connectivity index (χ3v) is 6.29. The molecule has 1 heterocycles. The first-order chi connectivity index (χ1) is 11.7. The lowest BCUT2D eigenvalue weighted by atomic mass is 9.98. The third kappa shape index (κ3) is 4.05. The SMILES string of the molecule is CC1(c2ccc(C(N[S+]([O-])C(C)(C)C)c3ccccc3)nc2F)CC1. The second kappa shape index (κ2) is 6.71. The molecule has 2 aromatic rings. The predicted molar refractivity (Wildman–Crippen MR) is 100 cm³/mol. The molecule has 0 spiro atoms. The maximum absolute atomic E-state index is 14.6. The van der Waals surface area contributed by atoms with E-state index in [0.717, 1.165) is 18.4 Å². The zero-order valence-electron chi connectivity index (χ0n) is 15.2. The average molecular weight is 360 g/mol. The fourth-order valence-corrected chi connectivity index (χ4v) is 3.57. The summed E-state index contributed by atoms with van der Waals surface area (Å²) in [4.78, 5) is 4.23. The quantitative estimate of drug-likeness (QED) is 0.634. The molecule has 0 radical (unpaired) electrons. The van der Waals surface area contributed by atoms with Gasteiger partial charge in [-0.3, -0.25) is 0 Å². The Kier molecular flexibility index (Phi) is 4.93. The van der Waals surface area contributed by atoms with Crippen molar-refractivity contribution in [3.05, 3.63) is 65.2 Å². The molecule has 3 rings (SSSR count). The van der Waals surface area contributed by atoms with Crippen molar-refractivity contribution in [2.24, 2.45) is 0 Å².